The quantitative estimate of drug-likeness (QED) is 0.293. The Morgan fingerprint density at radius 1 is 1.88 bits per heavy atom. The molecular formula is C6H8NO. The molecule has 0 saturated heterocycles. The van der Waals surface area contributed by atoms with Gasteiger partial charge in [-0.15, -0.1) is 5.92 Å². The molecule has 0 saturated carbocycles. The normalized spacial score (nSPS) is 8.25. The highest BCUT2D eigenvalue weighted by Gasteiger charge is 1.65. The zero-order valence-corrected chi connectivity index (χ0v) is 4.85. The molecule has 0 atom stereocenters. The number of hydrogen-bond acceptors (Lipinski definition) is 2. The van der Waals surface area contributed by atoms with Gasteiger partial charge in [-0.2, -0.15) is 0 Å². The zero-order valence-electron chi connectivity index (χ0n) is 4.85. The first kappa shape index (κ1) is 7.03. The minimum atomic E-state index is 0.608. The second-order valence-corrected chi connectivity index (χ2v) is 1.03. The van der Waals surface area contributed by atoms with Gasteiger partial charge in [-0.3, -0.25) is 0 Å². The van der Waals surface area contributed by atoms with E-state index in [0.717, 1.165) is 0 Å². The van der Waals surface area contributed by atoms with Crippen LogP contribution in [0, 0.1) is 18.8 Å². The molecule has 0 aliphatic carbocycles. The molecule has 0 aromatic heterocycles. The van der Waals surface area contributed by atoms with Crippen LogP contribution < -0.4 is 0 Å². The van der Waals surface area contributed by atoms with E-state index in [-0.39, 0.29) is 0 Å². The van der Waals surface area contributed by atoms with Crippen molar-refractivity contribution in [3.63, 3.8) is 0 Å². The SMILES string of the molecule is [CH2]C#CC/C=N/OC. The van der Waals surface area contributed by atoms with E-state index in [1.54, 1.807) is 6.21 Å². The van der Waals surface area contributed by atoms with Crippen LogP contribution in [0.5, 0.6) is 0 Å². The van der Waals surface area contributed by atoms with Crippen molar-refractivity contribution in [3.05, 3.63) is 6.92 Å². The summed E-state index contributed by atoms with van der Waals surface area (Å²) in [6, 6.07) is 0. The van der Waals surface area contributed by atoms with Gasteiger partial charge >= 0.3 is 0 Å². The van der Waals surface area contributed by atoms with Crippen molar-refractivity contribution in [2.45, 2.75) is 6.42 Å². The Balaban J connectivity index is 3.12. The summed E-state index contributed by atoms with van der Waals surface area (Å²) in [6.07, 6.45) is 2.19. The number of hydrogen-bond donors (Lipinski definition) is 0. The molecule has 2 nitrogen and oxygen atoms in total. The molecule has 8 heavy (non-hydrogen) atoms. The third-order valence-corrected chi connectivity index (χ3v) is 0.498. The Bertz CT molecular complexity index is 118. The van der Waals surface area contributed by atoms with Crippen molar-refractivity contribution in [2.75, 3.05) is 7.11 Å². The smallest absolute Gasteiger partial charge is 0.106 e. The predicted octanol–water partition coefficient (Wildman–Crippen LogP) is 0.846. The molecule has 0 spiro atoms. The lowest BCUT2D eigenvalue weighted by molar-refractivity contribution is 0.215. The molecule has 0 heterocycles. The van der Waals surface area contributed by atoms with Gasteiger partial charge in [0, 0.05) is 13.3 Å². The molecule has 0 unspecified atom stereocenters. The number of oxime groups is 1. The maximum atomic E-state index is 4.37. The average molecular weight is 110 g/mol. The van der Waals surface area contributed by atoms with E-state index in [4.69, 9.17) is 0 Å². The Morgan fingerprint density at radius 3 is 3.12 bits per heavy atom. The molecule has 0 bridgehead atoms. The Hall–Kier alpha value is -0.970. The van der Waals surface area contributed by atoms with Gasteiger partial charge < -0.3 is 4.84 Å². The lowest BCUT2D eigenvalue weighted by Gasteiger charge is -1.79. The van der Waals surface area contributed by atoms with E-state index in [9.17, 15) is 0 Å². The molecule has 0 N–H and O–H groups in total. The van der Waals surface area contributed by atoms with Crippen LogP contribution in [0.4, 0.5) is 0 Å². The zero-order chi connectivity index (χ0) is 6.24. The largest absolute Gasteiger partial charge is 0.399 e. The first-order chi connectivity index (χ1) is 3.91. The molecule has 0 amide bonds. The van der Waals surface area contributed by atoms with E-state index in [0.29, 0.717) is 6.42 Å². The lowest BCUT2D eigenvalue weighted by Crippen LogP contribution is -1.71. The summed E-state index contributed by atoms with van der Waals surface area (Å²) in [5.41, 5.74) is 0. The minimum absolute atomic E-state index is 0.608. The predicted molar refractivity (Wildman–Crippen MR) is 33.3 cm³/mol. The van der Waals surface area contributed by atoms with Crippen molar-refractivity contribution in [2.24, 2.45) is 5.16 Å². The number of rotatable bonds is 2. The Labute approximate surface area is 49.5 Å². The van der Waals surface area contributed by atoms with Crippen LogP contribution in [0.2, 0.25) is 0 Å². The van der Waals surface area contributed by atoms with Crippen molar-refractivity contribution < 1.29 is 4.84 Å². The molecule has 0 fully saturated rings. The van der Waals surface area contributed by atoms with E-state index >= 15 is 0 Å². The summed E-state index contributed by atoms with van der Waals surface area (Å²) in [5, 5.41) is 3.45. The van der Waals surface area contributed by atoms with Crippen LogP contribution in [-0.2, 0) is 4.84 Å². The molecular weight excluding hydrogens is 102 g/mol. The summed E-state index contributed by atoms with van der Waals surface area (Å²) >= 11 is 0. The average Bonchev–Trinajstić information content (AvgIpc) is 1.81. The fraction of sp³-hybridized carbons (Fsp3) is 0.333. The van der Waals surface area contributed by atoms with E-state index in [2.05, 4.69) is 28.8 Å². The highest BCUT2D eigenvalue weighted by molar-refractivity contribution is 5.60. The first-order valence-electron chi connectivity index (χ1n) is 2.21. The molecule has 0 rings (SSSR count). The van der Waals surface area contributed by atoms with Crippen molar-refractivity contribution >= 4 is 6.21 Å². The highest BCUT2D eigenvalue weighted by atomic mass is 16.6. The van der Waals surface area contributed by atoms with Crippen LogP contribution in [0.15, 0.2) is 5.16 Å². The van der Waals surface area contributed by atoms with Crippen LogP contribution in [0.1, 0.15) is 6.42 Å². The van der Waals surface area contributed by atoms with E-state index in [1.165, 1.54) is 7.11 Å². The van der Waals surface area contributed by atoms with E-state index < -0.39 is 0 Å². The summed E-state index contributed by atoms with van der Waals surface area (Å²) in [5.74, 6) is 5.17. The summed E-state index contributed by atoms with van der Waals surface area (Å²) in [6.45, 7) is 3.32. The van der Waals surface area contributed by atoms with Gasteiger partial charge in [0.15, 0.2) is 0 Å². The fourth-order valence-corrected chi connectivity index (χ4v) is 0.230. The molecule has 43 valence electrons. The topological polar surface area (TPSA) is 21.6 Å². The van der Waals surface area contributed by atoms with Crippen LogP contribution in [0.25, 0.3) is 0 Å². The molecule has 0 aromatic carbocycles. The van der Waals surface area contributed by atoms with Gasteiger partial charge in [-0.1, -0.05) is 11.1 Å². The lowest BCUT2D eigenvalue weighted by atomic mass is 10.5. The fourth-order valence-electron chi connectivity index (χ4n) is 0.230. The summed E-state index contributed by atoms with van der Waals surface area (Å²) < 4.78 is 0. The first-order valence-corrected chi connectivity index (χ1v) is 2.21. The maximum Gasteiger partial charge on any atom is 0.106 e. The maximum absolute atomic E-state index is 4.37. The van der Waals surface area contributed by atoms with Gasteiger partial charge in [-0.25, -0.2) is 0 Å². The molecule has 1 radical (unpaired) electrons. The van der Waals surface area contributed by atoms with Gasteiger partial charge in [0.25, 0.3) is 0 Å². The standard InChI is InChI=1S/C6H8NO/c1-3-4-5-6-7-8-2/h6H,1,5H2,2H3/b7-6+. The Kier molecular flexibility index (Phi) is 5.30. The van der Waals surface area contributed by atoms with Gasteiger partial charge in [0.1, 0.15) is 7.11 Å². The molecule has 0 aromatic rings. The van der Waals surface area contributed by atoms with Crippen LogP contribution >= 0.6 is 0 Å². The third-order valence-electron chi connectivity index (χ3n) is 0.498. The Morgan fingerprint density at radius 2 is 2.62 bits per heavy atom. The number of nitrogens with zero attached hydrogens (tertiary/aromatic N) is 1. The summed E-state index contributed by atoms with van der Waals surface area (Å²) in [4.78, 5) is 4.37. The minimum Gasteiger partial charge on any atom is -0.399 e. The van der Waals surface area contributed by atoms with Crippen molar-refractivity contribution in [1.29, 1.82) is 0 Å². The molecule has 0 aliphatic rings. The molecule has 0 aliphatic heterocycles. The monoisotopic (exact) mass is 110 g/mol. The third kappa shape index (κ3) is 5.03. The van der Waals surface area contributed by atoms with Crippen LogP contribution in [0.3, 0.4) is 0 Å². The highest BCUT2D eigenvalue weighted by Crippen LogP contribution is 1.69. The molecule has 2 heteroatoms. The van der Waals surface area contributed by atoms with Gasteiger partial charge in [0.05, 0.1) is 6.21 Å². The van der Waals surface area contributed by atoms with Crippen molar-refractivity contribution in [1.82, 2.24) is 0 Å². The van der Waals surface area contributed by atoms with Gasteiger partial charge in [-0.05, 0) is 0 Å². The second kappa shape index (κ2) is 6.03. The van der Waals surface area contributed by atoms with E-state index in [1.807, 2.05) is 0 Å². The van der Waals surface area contributed by atoms with Gasteiger partial charge in [0.2, 0.25) is 0 Å². The summed E-state index contributed by atoms with van der Waals surface area (Å²) in [7, 11) is 1.49. The second-order valence-electron chi connectivity index (χ2n) is 1.03. The van der Waals surface area contributed by atoms with Crippen LogP contribution in [-0.4, -0.2) is 13.3 Å². The van der Waals surface area contributed by atoms with Crippen molar-refractivity contribution in [3.8, 4) is 11.8 Å².